The van der Waals surface area contributed by atoms with Crippen molar-refractivity contribution in [2.45, 2.75) is 13.0 Å². The Hall–Kier alpha value is -3.85. The standard InChI is InChI=1S/C24H20F2N4O3/c25-22(26)21-20(10-27-29-21)15-4-5-19-16(9-15)6-7-30(24(19)32)11-14-2-1-3-18(8-14)28-23(31)17-12-33-13-17/h1-10,17,22H,11-13H2,(H,27,29)(H,28,31). The SMILES string of the molecule is O=C(Nc1cccc(Cn2ccc3cc(-c4cn[nH]c4C(F)F)ccc3c2=O)c1)C1COC1. The zero-order chi connectivity index (χ0) is 22.9. The monoisotopic (exact) mass is 450 g/mol. The number of ether oxygens (including phenoxy) is 1. The van der Waals surface area contributed by atoms with Crippen LogP contribution < -0.4 is 10.9 Å². The number of carbonyl (C=O) groups excluding carboxylic acids is 1. The Balaban J connectivity index is 1.40. The second-order valence-electron chi connectivity index (χ2n) is 7.97. The summed E-state index contributed by atoms with van der Waals surface area (Å²) in [4.78, 5) is 25.2. The highest BCUT2D eigenvalue weighted by Crippen LogP contribution is 2.30. The maximum Gasteiger partial charge on any atom is 0.280 e. The van der Waals surface area contributed by atoms with Gasteiger partial charge in [0.15, 0.2) is 0 Å². The van der Waals surface area contributed by atoms with Gasteiger partial charge in [-0.2, -0.15) is 5.10 Å². The zero-order valence-corrected chi connectivity index (χ0v) is 17.4. The van der Waals surface area contributed by atoms with E-state index >= 15 is 0 Å². The normalized spacial score (nSPS) is 13.9. The molecule has 0 radical (unpaired) electrons. The van der Waals surface area contributed by atoms with Crippen LogP contribution in [0.5, 0.6) is 0 Å². The fourth-order valence-electron chi connectivity index (χ4n) is 3.85. The lowest BCUT2D eigenvalue weighted by atomic mass is 10.0. The Morgan fingerprint density at radius 1 is 1.21 bits per heavy atom. The second-order valence-corrected chi connectivity index (χ2v) is 7.97. The predicted octanol–water partition coefficient (Wildman–Crippen LogP) is 3.96. The minimum atomic E-state index is -2.67. The van der Waals surface area contributed by atoms with E-state index in [0.29, 0.717) is 47.3 Å². The first kappa shape index (κ1) is 21.0. The number of nitrogens with zero attached hydrogens (tertiary/aromatic N) is 2. The number of halogens is 2. The molecule has 7 nitrogen and oxygen atoms in total. The third-order valence-corrected chi connectivity index (χ3v) is 5.73. The summed E-state index contributed by atoms with van der Waals surface area (Å²) in [5.41, 5.74) is 1.95. The van der Waals surface area contributed by atoms with Gasteiger partial charge in [-0.1, -0.05) is 18.2 Å². The molecule has 0 saturated carbocycles. The maximum absolute atomic E-state index is 13.2. The molecule has 1 aliphatic rings. The van der Waals surface area contributed by atoms with E-state index in [0.717, 1.165) is 5.56 Å². The summed E-state index contributed by atoms with van der Waals surface area (Å²) in [7, 11) is 0. The van der Waals surface area contributed by atoms with Gasteiger partial charge in [-0.05, 0) is 46.8 Å². The van der Waals surface area contributed by atoms with E-state index < -0.39 is 6.43 Å². The molecule has 1 amide bonds. The average Bonchev–Trinajstić information content (AvgIpc) is 3.25. The van der Waals surface area contributed by atoms with E-state index in [9.17, 15) is 18.4 Å². The van der Waals surface area contributed by atoms with Crippen LogP contribution in [0.3, 0.4) is 0 Å². The predicted molar refractivity (Wildman–Crippen MR) is 119 cm³/mol. The van der Waals surface area contributed by atoms with Gasteiger partial charge in [0.1, 0.15) is 5.69 Å². The summed E-state index contributed by atoms with van der Waals surface area (Å²) >= 11 is 0. The lowest BCUT2D eigenvalue weighted by molar-refractivity contribution is -0.133. The third-order valence-electron chi connectivity index (χ3n) is 5.73. The van der Waals surface area contributed by atoms with Crippen molar-refractivity contribution in [3.63, 3.8) is 0 Å². The van der Waals surface area contributed by atoms with E-state index in [4.69, 9.17) is 4.74 Å². The summed E-state index contributed by atoms with van der Waals surface area (Å²) in [5, 5.41) is 10.1. The molecule has 2 aromatic heterocycles. The fourth-order valence-corrected chi connectivity index (χ4v) is 3.85. The smallest absolute Gasteiger partial charge is 0.280 e. The number of aromatic amines is 1. The van der Waals surface area contributed by atoms with Crippen molar-refractivity contribution < 1.29 is 18.3 Å². The molecule has 4 aromatic rings. The minimum absolute atomic E-state index is 0.0790. The fraction of sp³-hybridized carbons (Fsp3) is 0.208. The number of anilines is 1. The highest BCUT2D eigenvalue weighted by Gasteiger charge is 2.26. The molecule has 2 aromatic carbocycles. The van der Waals surface area contributed by atoms with E-state index in [1.807, 2.05) is 18.2 Å². The topological polar surface area (TPSA) is 89.0 Å². The third kappa shape index (κ3) is 4.14. The lowest BCUT2D eigenvalue weighted by Gasteiger charge is -2.24. The molecule has 2 N–H and O–H groups in total. The molecule has 168 valence electrons. The number of alkyl halides is 2. The Kier molecular flexibility index (Phi) is 5.47. The summed E-state index contributed by atoms with van der Waals surface area (Å²) in [5.74, 6) is -0.204. The molecule has 0 aliphatic carbocycles. The van der Waals surface area contributed by atoms with Gasteiger partial charge >= 0.3 is 0 Å². The molecular formula is C24H20F2N4O3. The number of pyridine rings is 1. The zero-order valence-electron chi connectivity index (χ0n) is 17.4. The Morgan fingerprint density at radius 3 is 2.82 bits per heavy atom. The van der Waals surface area contributed by atoms with Crippen LogP contribution in [0, 0.1) is 5.92 Å². The number of aromatic nitrogens is 3. The van der Waals surface area contributed by atoms with Crippen LogP contribution in [0.25, 0.3) is 21.9 Å². The van der Waals surface area contributed by atoms with Crippen LogP contribution >= 0.6 is 0 Å². The van der Waals surface area contributed by atoms with Crippen molar-refractivity contribution >= 4 is 22.4 Å². The number of H-pyrrole nitrogens is 1. The summed E-state index contributed by atoms with van der Waals surface area (Å²) in [6, 6.07) is 14.1. The summed E-state index contributed by atoms with van der Waals surface area (Å²) in [6.45, 7) is 1.19. The molecule has 0 spiro atoms. The molecule has 1 aliphatic heterocycles. The van der Waals surface area contributed by atoms with Crippen molar-refractivity contribution in [1.82, 2.24) is 14.8 Å². The first-order valence-electron chi connectivity index (χ1n) is 10.4. The highest BCUT2D eigenvalue weighted by molar-refractivity contribution is 5.93. The van der Waals surface area contributed by atoms with Crippen molar-refractivity contribution in [1.29, 1.82) is 0 Å². The minimum Gasteiger partial charge on any atom is -0.380 e. The van der Waals surface area contributed by atoms with Crippen LogP contribution in [0.4, 0.5) is 14.5 Å². The number of hydrogen-bond donors (Lipinski definition) is 2. The van der Waals surface area contributed by atoms with E-state index in [1.54, 1.807) is 41.1 Å². The molecular weight excluding hydrogens is 430 g/mol. The Labute approximate surface area is 187 Å². The highest BCUT2D eigenvalue weighted by atomic mass is 19.3. The first-order chi connectivity index (χ1) is 16.0. The molecule has 33 heavy (non-hydrogen) atoms. The van der Waals surface area contributed by atoms with E-state index in [1.165, 1.54) is 6.20 Å². The van der Waals surface area contributed by atoms with Gasteiger partial charge in [-0.25, -0.2) is 8.78 Å². The van der Waals surface area contributed by atoms with Crippen LogP contribution in [-0.2, 0) is 16.1 Å². The van der Waals surface area contributed by atoms with Crippen molar-refractivity contribution in [2.24, 2.45) is 5.92 Å². The van der Waals surface area contributed by atoms with E-state index in [-0.39, 0.29) is 23.1 Å². The molecule has 3 heterocycles. The number of rotatable bonds is 6. The van der Waals surface area contributed by atoms with Gasteiger partial charge in [0.05, 0.1) is 31.9 Å². The van der Waals surface area contributed by atoms with Crippen molar-refractivity contribution in [2.75, 3.05) is 18.5 Å². The van der Waals surface area contributed by atoms with Gasteiger partial charge in [-0.15, -0.1) is 0 Å². The van der Waals surface area contributed by atoms with Crippen LogP contribution in [0.2, 0.25) is 0 Å². The number of carbonyl (C=O) groups is 1. The summed E-state index contributed by atoms with van der Waals surface area (Å²) < 4.78 is 33.0. The molecule has 9 heteroatoms. The molecule has 0 unspecified atom stereocenters. The molecule has 0 bridgehead atoms. The quantitative estimate of drug-likeness (QED) is 0.465. The van der Waals surface area contributed by atoms with Gasteiger partial charge in [0.25, 0.3) is 12.0 Å². The second kappa shape index (κ2) is 8.59. The number of hydrogen-bond acceptors (Lipinski definition) is 4. The maximum atomic E-state index is 13.2. The number of nitrogens with one attached hydrogen (secondary N) is 2. The van der Waals surface area contributed by atoms with Crippen LogP contribution in [0.15, 0.2) is 65.7 Å². The van der Waals surface area contributed by atoms with Gasteiger partial charge in [-0.3, -0.25) is 14.7 Å². The van der Waals surface area contributed by atoms with Gasteiger partial charge in [0.2, 0.25) is 5.91 Å². The van der Waals surface area contributed by atoms with E-state index in [2.05, 4.69) is 15.5 Å². The Bertz CT molecular complexity index is 1390. The van der Waals surface area contributed by atoms with Crippen molar-refractivity contribution in [3.8, 4) is 11.1 Å². The lowest BCUT2D eigenvalue weighted by Crippen LogP contribution is -2.38. The van der Waals surface area contributed by atoms with Gasteiger partial charge in [0, 0.05) is 22.8 Å². The summed E-state index contributed by atoms with van der Waals surface area (Å²) in [6.07, 6.45) is 0.358. The average molecular weight is 450 g/mol. The molecule has 1 fully saturated rings. The molecule has 0 atom stereocenters. The largest absolute Gasteiger partial charge is 0.380 e. The van der Waals surface area contributed by atoms with Crippen LogP contribution in [-0.4, -0.2) is 33.9 Å². The van der Waals surface area contributed by atoms with Crippen molar-refractivity contribution in [3.05, 3.63) is 82.5 Å². The first-order valence-corrected chi connectivity index (χ1v) is 10.4. The Morgan fingerprint density at radius 2 is 2.06 bits per heavy atom. The molecule has 1 saturated heterocycles. The molecule has 5 rings (SSSR count). The number of fused-ring (bicyclic) bond motifs is 1. The number of benzene rings is 2. The van der Waals surface area contributed by atoms with Crippen LogP contribution in [0.1, 0.15) is 17.7 Å². The number of amides is 1. The van der Waals surface area contributed by atoms with Gasteiger partial charge < -0.3 is 14.6 Å².